The second kappa shape index (κ2) is 11.2. The first-order valence-corrected chi connectivity index (χ1v) is 9.15. The third-order valence-electron chi connectivity index (χ3n) is 3.91. The highest BCUT2D eigenvalue weighted by Gasteiger charge is 2.20. The number of phenols is 1. The molecule has 158 valence electrons. The first-order valence-electron chi connectivity index (χ1n) is 8.40. The highest BCUT2D eigenvalue weighted by molar-refractivity contribution is 6.45. The van der Waals surface area contributed by atoms with Gasteiger partial charge in [-0.15, -0.1) is 12.4 Å². The number of esters is 1. The summed E-state index contributed by atoms with van der Waals surface area (Å²) in [5.41, 5.74) is 12.4. The lowest BCUT2D eigenvalue weighted by molar-refractivity contribution is -0.145. The average Bonchev–Trinajstić information content (AvgIpc) is 2.69. The lowest BCUT2D eigenvalue weighted by atomic mass is 9.97. The van der Waals surface area contributed by atoms with Crippen molar-refractivity contribution in [3.8, 4) is 11.5 Å². The Kier molecular flexibility index (Phi) is 9.68. The third kappa shape index (κ3) is 5.74. The van der Waals surface area contributed by atoms with E-state index in [1.807, 2.05) is 0 Å². The molecule has 5 N–H and O–H groups in total. The average molecular weight is 464 g/mol. The van der Waals surface area contributed by atoms with Crippen LogP contribution in [0.3, 0.4) is 0 Å². The number of halogens is 3. The van der Waals surface area contributed by atoms with Crippen LogP contribution in [0.1, 0.15) is 34.0 Å². The number of rotatable bonds is 8. The monoisotopic (exact) mass is 462 g/mol. The Balaban J connectivity index is 0.00000420. The van der Waals surface area contributed by atoms with E-state index in [4.69, 9.17) is 44.1 Å². The van der Waals surface area contributed by atoms with Crippen molar-refractivity contribution in [1.29, 1.82) is 0 Å². The van der Waals surface area contributed by atoms with Crippen LogP contribution in [-0.4, -0.2) is 30.1 Å². The van der Waals surface area contributed by atoms with Crippen LogP contribution >= 0.6 is 35.6 Å². The van der Waals surface area contributed by atoms with Gasteiger partial charge in [-0.25, -0.2) is 4.79 Å². The molecule has 0 aliphatic rings. The maximum Gasteiger partial charge on any atom is 0.344 e. The zero-order valence-corrected chi connectivity index (χ0v) is 17.9. The molecule has 0 heterocycles. The van der Waals surface area contributed by atoms with Crippen molar-refractivity contribution in [2.75, 3.05) is 13.2 Å². The number of ether oxygens (including phenoxy) is 2. The largest absolute Gasteiger partial charge is 0.507 e. The molecule has 0 aromatic heterocycles. The van der Waals surface area contributed by atoms with Crippen molar-refractivity contribution in [2.45, 2.75) is 20.0 Å². The van der Waals surface area contributed by atoms with Gasteiger partial charge in [0.2, 0.25) is 0 Å². The molecule has 0 atom stereocenters. The van der Waals surface area contributed by atoms with Crippen LogP contribution in [-0.2, 0) is 22.6 Å². The number of benzene rings is 2. The fourth-order valence-corrected chi connectivity index (χ4v) is 2.98. The van der Waals surface area contributed by atoms with E-state index in [0.717, 1.165) is 0 Å². The van der Waals surface area contributed by atoms with Crippen LogP contribution in [0.5, 0.6) is 11.5 Å². The summed E-state index contributed by atoms with van der Waals surface area (Å²) in [6.07, 6.45) is 0. The number of nitrogens with two attached hydrogens (primary N) is 2. The Labute approximate surface area is 184 Å². The van der Waals surface area contributed by atoms with Crippen molar-refractivity contribution in [1.82, 2.24) is 0 Å². The van der Waals surface area contributed by atoms with E-state index in [2.05, 4.69) is 0 Å². The van der Waals surface area contributed by atoms with Gasteiger partial charge >= 0.3 is 5.97 Å². The van der Waals surface area contributed by atoms with E-state index in [0.29, 0.717) is 11.1 Å². The van der Waals surface area contributed by atoms with Gasteiger partial charge in [-0.1, -0.05) is 23.2 Å². The van der Waals surface area contributed by atoms with Gasteiger partial charge in [-0.3, -0.25) is 4.79 Å². The van der Waals surface area contributed by atoms with Gasteiger partial charge in [-0.2, -0.15) is 0 Å². The SMILES string of the molecule is CCOC(=O)COc1ccc(C(=O)c2cc(CN)c(O)c(CN)c2)c(Cl)c1Cl.Cl. The van der Waals surface area contributed by atoms with Crippen molar-refractivity contribution in [2.24, 2.45) is 11.5 Å². The fraction of sp³-hybridized carbons (Fsp3) is 0.263. The fourth-order valence-electron chi connectivity index (χ4n) is 2.52. The van der Waals surface area contributed by atoms with Crippen LogP contribution in [0, 0.1) is 0 Å². The van der Waals surface area contributed by atoms with Crippen molar-refractivity contribution in [3.63, 3.8) is 0 Å². The summed E-state index contributed by atoms with van der Waals surface area (Å²) < 4.78 is 10.1. The summed E-state index contributed by atoms with van der Waals surface area (Å²) in [4.78, 5) is 24.3. The first kappa shape index (κ1) is 25.0. The van der Waals surface area contributed by atoms with Crippen LogP contribution in [0.15, 0.2) is 24.3 Å². The topological polar surface area (TPSA) is 125 Å². The molecule has 0 bridgehead atoms. The molecule has 0 unspecified atom stereocenters. The molecule has 0 aliphatic heterocycles. The van der Waals surface area contributed by atoms with Crippen LogP contribution < -0.4 is 16.2 Å². The molecular formula is C19H21Cl3N2O5. The first-order chi connectivity index (χ1) is 13.3. The van der Waals surface area contributed by atoms with Crippen LogP contribution in [0.4, 0.5) is 0 Å². The number of hydrogen-bond donors (Lipinski definition) is 3. The maximum absolute atomic E-state index is 12.9. The Morgan fingerprint density at radius 1 is 1.07 bits per heavy atom. The maximum atomic E-state index is 12.9. The van der Waals surface area contributed by atoms with Gasteiger partial charge in [0.1, 0.15) is 16.5 Å². The zero-order valence-electron chi connectivity index (χ0n) is 15.5. The van der Waals surface area contributed by atoms with Gasteiger partial charge in [0.05, 0.1) is 11.6 Å². The van der Waals surface area contributed by atoms with Crippen LogP contribution in [0.25, 0.3) is 0 Å². The van der Waals surface area contributed by atoms with E-state index in [1.165, 1.54) is 24.3 Å². The van der Waals surface area contributed by atoms with Crippen molar-refractivity contribution >= 4 is 47.4 Å². The van der Waals surface area contributed by atoms with Gasteiger partial charge < -0.3 is 26.0 Å². The molecule has 0 amide bonds. The predicted octanol–water partition coefficient (Wildman–Crippen LogP) is 3.21. The number of ketones is 1. The number of carbonyl (C=O) groups excluding carboxylic acids is 2. The summed E-state index contributed by atoms with van der Waals surface area (Å²) in [5, 5.41) is 10.0. The van der Waals surface area contributed by atoms with E-state index < -0.39 is 11.8 Å². The Morgan fingerprint density at radius 2 is 1.66 bits per heavy atom. The molecule has 0 saturated heterocycles. The highest BCUT2D eigenvalue weighted by atomic mass is 35.5. The molecule has 2 rings (SSSR count). The number of hydrogen-bond acceptors (Lipinski definition) is 7. The standard InChI is InChI=1S/C19H20Cl2N2O5.ClH/c1-2-27-15(24)9-28-14-4-3-13(16(20)17(14)21)19(26)10-5-11(7-22)18(25)12(6-10)8-23;/h3-6,25H,2,7-9,22-23H2,1H3;1H. The van der Waals surface area contributed by atoms with Crippen molar-refractivity contribution in [3.05, 3.63) is 56.6 Å². The van der Waals surface area contributed by atoms with E-state index in [1.54, 1.807) is 6.92 Å². The lowest BCUT2D eigenvalue weighted by Gasteiger charge is -2.13. The quantitative estimate of drug-likeness (QED) is 0.405. The molecule has 0 radical (unpaired) electrons. The summed E-state index contributed by atoms with van der Waals surface area (Å²) in [7, 11) is 0. The molecule has 0 spiro atoms. The predicted molar refractivity (Wildman–Crippen MR) is 113 cm³/mol. The number of aromatic hydroxyl groups is 1. The second-order valence-corrected chi connectivity index (χ2v) is 6.47. The van der Waals surface area contributed by atoms with Gasteiger partial charge in [0.25, 0.3) is 0 Å². The Hall–Kier alpha value is -2.03. The minimum absolute atomic E-state index is 0. The summed E-state index contributed by atoms with van der Waals surface area (Å²) >= 11 is 12.4. The summed E-state index contributed by atoms with van der Waals surface area (Å²) in [5.74, 6) is -0.864. The van der Waals surface area contributed by atoms with E-state index in [9.17, 15) is 14.7 Å². The second-order valence-electron chi connectivity index (χ2n) is 5.71. The molecule has 7 nitrogen and oxygen atoms in total. The minimum Gasteiger partial charge on any atom is -0.507 e. The molecule has 2 aromatic rings. The van der Waals surface area contributed by atoms with Gasteiger partial charge in [0.15, 0.2) is 12.4 Å². The molecule has 10 heteroatoms. The lowest BCUT2D eigenvalue weighted by Crippen LogP contribution is -2.15. The smallest absolute Gasteiger partial charge is 0.344 e. The van der Waals surface area contributed by atoms with Crippen molar-refractivity contribution < 1.29 is 24.2 Å². The zero-order chi connectivity index (χ0) is 20.8. The molecule has 29 heavy (non-hydrogen) atoms. The molecule has 0 aliphatic carbocycles. The van der Waals surface area contributed by atoms with Gasteiger partial charge in [0, 0.05) is 35.3 Å². The summed E-state index contributed by atoms with van der Waals surface area (Å²) in [6, 6.07) is 5.83. The van der Waals surface area contributed by atoms with Crippen LogP contribution in [0.2, 0.25) is 10.0 Å². The van der Waals surface area contributed by atoms with E-state index in [-0.39, 0.29) is 71.4 Å². The highest BCUT2D eigenvalue weighted by Crippen LogP contribution is 2.36. The molecule has 0 fully saturated rings. The minimum atomic E-state index is -0.553. The third-order valence-corrected chi connectivity index (χ3v) is 4.78. The Morgan fingerprint density at radius 3 is 2.17 bits per heavy atom. The number of phenolic OH excluding ortho intramolecular Hbond substituents is 1. The molecule has 2 aromatic carbocycles. The Bertz CT molecular complexity index is 881. The summed E-state index contributed by atoms with van der Waals surface area (Å²) in [6.45, 7) is 1.64. The number of carbonyl (C=O) groups is 2. The van der Waals surface area contributed by atoms with Gasteiger partial charge in [-0.05, 0) is 31.2 Å². The molecule has 0 saturated carbocycles. The normalized spacial score (nSPS) is 10.2. The van der Waals surface area contributed by atoms with E-state index >= 15 is 0 Å². The molecular weight excluding hydrogens is 443 g/mol.